The number of likely N-dealkylation sites (tertiary alicyclic amines) is 1. The van der Waals surface area contributed by atoms with Gasteiger partial charge >= 0.3 is 0 Å². The van der Waals surface area contributed by atoms with Crippen LogP contribution in [0.5, 0.6) is 0 Å². The zero-order valence-corrected chi connectivity index (χ0v) is 9.02. The van der Waals surface area contributed by atoms with Gasteiger partial charge in [-0.1, -0.05) is 17.8 Å². The fourth-order valence-corrected chi connectivity index (χ4v) is 2.55. The van der Waals surface area contributed by atoms with Crippen molar-refractivity contribution in [3.8, 4) is 0 Å². The van der Waals surface area contributed by atoms with Crippen molar-refractivity contribution < 1.29 is 0 Å². The SMILES string of the molecule is NNc1ncc(CN2CCCCC2)s1. The van der Waals surface area contributed by atoms with Gasteiger partial charge in [0.2, 0.25) is 0 Å². The first-order chi connectivity index (χ1) is 6.88. The molecule has 0 radical (unpaired) electrons. The second-order valence-electron chi connectivity index (χ2n) is 3.61. The van der Waals surface area contributed by atoms with Crippen molar-refractivity contribution in [1.82, 2.24) is 9.88 Å². The third-order valence-electron chi connectivity index (χ3n) is 2.51. The molecule has 78 valence electrons. The van der Waals surface area contributed by atoms with E-state index in [2.05, 4.69) is 15.3 Å². The van der Waals surface area contributed by atoms with E-state index in [1.165, 1.54) is 37.2 Å². The Morgan fingerprint density at radius 3 is 2.86 bits per heavy atom. The Morgan fingerprint density at radius 2 is 2.21 bits per heavy atom. The zero-order valence-electron chi connectivity index (χ0n) is 8.20. The number of thiazole rings is 1. The summed E-state index contributed by atoms with van der Waals surface area (Å²) in [6.45, 7) is 3.48. The van der Waals surface area contributed by atoms with E-state index in [9.17, 15) is 0 Å². The Kier molecular flexibility index (Phi) is 3.34. The number of piperidine rings is 1. The van der Waals surface area contributed by atoms with E-state index >= 15 is 0 Å². The van der Waals surface area contributed by atoms with Crippen LogP contribution in [0, 0.1) is 0 Å². The molecule has 0 atom stereocenters. The van der Waals surface area contributed by atoms with Gasteiger partial charge in [0.25, 0.3) is 0 Å². The molecule has 5 heteroatoms. The molecule has 0 aliphatic carbocycles. The van der Waals surface area contributed by atoms with Crippen molar-refractivity contribution in [2.75, 3.05) is 18.5 Å². The van der Waals surface area contributed by atoms with Gasteiger partial charge in [-0.25, -0.2) is 10.8 Å². The summed E-state index contributed by atoms with van der Waals surface area (Å²) in [6.07, 6.45) is 5.96. The average Bonchev–Trinajstić information content (AvgIpc) is 2.67. The molecule has 0 amide bonds. The molecule has 2 rings (SSSR count). The highest BCUT2D eigenvalue weighted by molar-refractivity contribution is 7.15. The summed E-state index contributed by atoms with van der Waals surface area (Å²) < 4.78 is 0. The Hall–Kier alpha value is -0.650. The molecule has 4 nitrogen and oxygen atoms in total. The maximum atomic E-state index is 5.28. The third kappa shape index (κ3) is 2.43. The topological polar surface area (TPSA) is 54.2 Å². The highest BCUT2D eigenvalue weighted by Gasteiger charge is 2.11. The Balaban J connectivity index is 1.89. The van der Waals surface area contributed by atoms with Crippen LogP contribution < -0.4 is 11.3 Å². The van der Waals surface area contributed by atoms with Gasteiger partial charge in [-0.3, -0.25) is 10.3 Å². The predicted octanol–water partition coefficient (Wildman–Crippen LogP) is 1.41. The van der Waals surface area contributed by atoms with Gasteiger partial charge in [-0.2, -0.15) is 0 Å². The molecule has 1 aromatic rings. The standard InChI is InChI=1S/C9H16N4S/c10-12-9-11-6-8(14-9)7-13-4-2-1-3-5-13/h6H,1-5,7,10H2,(H,11,12). The summed E-state index contributed by atoms with van der Waals surface area (Å²) in [7, 11) is 0. The fraction of sp³-hybridized carbons (Fsp3) is 0.667. The third-order valence-corrected chi connectivity index (χ3v) is 3.42. The normalized spacial score (nSPS) is 18.4. The van der Waals surface area contributed by atoms with Crippen LogP contribution in [-0.4, -0.2) is 23.0 Å². The van der Waals surface area contributed by atoms with Crippen molar-refractivity contribution >= 4 is 16.5 Å². The molecule has 1 aromatic heterocycles. The van der Waals surface area contributed by atoms with Gasteiger partial charge < -0.3 is 0 Å². The second-order valence-corrected chi connectivity index (χ2v) is 4.73. The summed E-state index contributed by atoms with van der Waals surface area (Å²) in [5.41, 5.74) is 2.57. The van der Waals surface area contributed by atoms with Gasteiger partial charge in [-0.15, -0.1) is 0 Å². The minimum absolute atomic E-state index is 0.803. The fourth-order valence-electron chi connectivity index (χ4n) is 1.79. The Morgan fingerprint density at radius 1 is 1.43 bits per heavy atom. The van der Waals surface area contributed by atoms with Crippen molar-refractivity contribution in [2.24, 2.45) is 5.84 Å². The number of anilines is 1. The molecule has 14 heavy (non-hydrogen) atoms. The van der Waals surface area contributed by atoms with Gasteiger partial charge in [0, 0.05) is 17.6 Å². The molecule has 1 fully saturated rings. The number of hydrazine groups is 1. The maximum absolute atomic E-state index is 5.28. The summed E-state index contributed by atoms with van der Waals surface area (Å²) in [6, 6.07) is 0. The summed E-state index contributed by atoms with van der Waals surface area (Å²) in [5, 5.41) is 0.803. The van der Waals surface area contributed by atoms with Gasteiger partial charge in [0.05, 0.1) is 0 Å². The lowest BCUT2D eigenvalue weighted by Gasteiger charge is -2.25. The lowest BCUT2D eigenvalue weighted by Crippen LogP contribution is -2.28. The number of aromatic nitrogens is 1. The molecule has 1 aliphatic heterocycles. The van der Waals surface area contributed by atoms with E-state index in [1.54, 1.807) is 11.3 Å². The Bertz CT molecular complexity index is 280. The highest BCUT2D eigenvalue weighted by atomic mass is 32.1. The molecule has 0 unspecified atom stereocenters. The van der Waals surface area contributed by atoms with Crippen LogP contribution in [0.25, 0.3) is 0 Å². The van der Waals surface area contributed by atoms with Crippen LogP contribution in [-0.2, 0) is 6.54 Å². The van der Waals surface area contributed by atoms with Crippen molar-refractivity contribution in [3.05, 3.63) is 11.1 Å². The molecule has 0 spiro atoms. The van der Waals surface area contributed by atoms with Gasteiger partial charge in [-0.05, 0) is 25.9 Å². The number of nitrogen functional groups attached to an aromatic ring is 1. The zero-order chi connectivity index (χ0) is 9.80. The lowest BCUT2D eigenvalue weighted by atomic mass is 10.1. The number of nitrogens with one attached hydrogen (secondary N) is 1. The molecule has 0 saturated carbocycles. The van der Waals surface area contributed by atoms with E-state index in [-0.39, 0.29) is 0 Å². The number of nitrogens with two attached hydrogens (primary N) is 1. The molecule has 2 heterocycles. The summed E-state index contributed by atoms with van der Waals surface area (Å²) in [5.74, 6) is 5.28. The summed E-state index contributed by atoms with van der Waals surface area (Å²) in [4.78, 5) is 7.93. The largest absolute Gasteiger partial charge is 0.300 e. The van der Waals surface area contributed by atoms with Crippen LogP contribution >= 0.6 is 11.3 Å². The minimum Gasteiger partial charge on any atom is -0.300 e. The molecule has 0 bridgehead atoms. The average molecular weight is 212 g/mol. The van der Waals surface area contributed by atoms with Crippen LogP contribution in [0.1, 0.15) is 24.1 Å². The minimum atomic E-state index is 0.803. The maximum Gasteiger partial charge on any atom is 0.197 e. The first kappa shape index (κ1) is 9.89. The van der Waals surface area contributed by atoms with E-state index < -0.39 is 0 Å². The number of hydrogen-bond donors (Lipinski definition) is 2. The van der Waals surface area contributed by atoms with Gasteiger partial charge in [0.15, 0.2) is 5.13 Å². The second kappa shape index (κ2) is 4.72. The predicted molar refractivity (Wildman–Crippen MR) is 59.1 cm³/mol. The van der Waals surface area contributed by atoms with Crippen LogP contribution in [0.3, 0.4) is 0 Å². The lowest BCUT2D eigenvalue weighted by molar-refractivity contribution is 0.222. The smallest absolute Gasteiger partial charge is 0.197 e. The molecule has 3 N–H and O–H groups in total. The highest BCUT2D eigenvalue weighted by Crippen LogP contribution is 2.20. The van der Waals surface area contributed by atoms with Crippen molar-refractivity contribution in [3.63, 3.8) is 0 Å². The summed E-state index contributed by atoms with van der Waals surface area (Å²) >= 11 is 1.64. The van der Waals surface area contributed by atoms with Crippen molar-refractivity contribution in [1.29, 1.82) is 0 Å². The van der Waals surface area contributed by atoms with E-state index in [0.29, 0.717) is 0 Å². The molecule has 0 aromatic carbocycles. The van der Waals surface area contributed by atoms with E-state index in [4.69, 9.17) is 5.84 Å². The van der Waals surface area contributed by atoms with Gasteiger partial charge in [0.1, 0.15) is 0 Å². The number of hydrogen-bond acceptors (Lipinski definition) is 5. The Labute approximate surface area is 88.1 Å². The first-order valence-electron chi connectivity index (χ1n) is 5.02. The molecule has 1 saturated heterocycles. The first-order valence-corrected chi connectivity index (χ1v) is 5.84. The van der Waals surface area contributed by atoms with E-state index in [1.807, 2.05) is 6.20 Å². The van der Waals surface area contributed by atoms with Crippen molar-refractivity contribution in [2.45, 2.75) is 25.8 Å². The van der Waals surface area contributed by atoms with Crippen LogP contribution in [0.2, 0.25) is 0 Å². The molecular formula is C9H16N4S. The van der Waals surface area contributed by atoms with Crippen LogP contribution in [0.15, 0.2) is 6.20 Å². The van der Waals surface area contributed by atoms with E-state index in [0.717, 1.165) is 11.7 Å². The molecular weight excluding hydrogens is 196 g/mol. The number of nitrogens with zero attached hydrogens (tertiary/aromatic N) is 2. The number of rotatable bonds is 3. The van der Waals surface area contributed by atoms with Crippen LogP contribution in [0.4, 0.5) is 5.13 Å². The molecule has 1 aliphatic rings. The quantitative estimate of drug-likeness (QED) is 0.587. The monoisotopic (exact) mass is 212 g/mol.